The minimum atomic E-state index is -0.158. The summed E-state index contributed by atoms with van der Waals surface area (Å²) < 4.78 is 0.962. The lowest BCUT2D eigenvalue weighted by atomic mass is 10.1. The summed E-state index contributed by atoms with van der Waals surface area (Å²) in [7, 11) is 1.62. The standard InChI is InChI=1S/C14H19BrN2O2/c1-9(2)16-13(18)8-17(4)14(19)11-5-6-12(15)10(3)7-11/h5-7,9H,8H2,1-4H3,(H,16,18). The van der Waals surface area contributed by atoms with Gasteiger partial charge in [0.25, 0.3) is 5.91 Å². The molecule has 0 saturated carbocycles. The molecule has 0 heterocycles. The monoisotopic (exact) mass is 326 g/mol. The summed E-state index contributed by atoms with van der Waals surface area (Å²) in [5.41, 5.74) is 1.58. The number of carbonyl (C=O) groups excluding carboxylic acids is 2. The highest BCUT2D eigenvalue weighted by atomic mass is 79.9. The Labute approximate surface area is 122 Å². The van der Waals surface area contributed by atoms with Gasteiger partial charge in [-0.3, -0.25) is 9.59 Å². The molecule has 0 saturated heterocycles. The number of rotatable bonds is 4. The van der Waals surface area contributed by atoms with E-state index in [2.05, 4.69) is 21.2 Å². The fraction of sp³-hybridized carbons (Fsp3) is 0.429. The smallest absolute Gasteiger partial charge is 0.254 e. The molecule has 1 rings (SSSR count). The van der Waals surface area contributed by atoms with Gasteiger partial charge in [0.15, 0.2) is 0 Å². The number of hydrogen-bond donors (Lipinski definition) is 1. The number of likely N-dealkylation sites (N-methyl/N-ethyl adjacent to an activating group) is 1. The number of aryl methyl sites for hydroxylation is 1. The van der Waals surface area contributed by atoms with Crippen molar-refractivity contribution < 1.29 is 9.59 Å². The molecule has 104 valence electrons. The van der Waals surface area contributed by atoms with Crippen LogP contribution in [0.3, 0.4) is 0 Å². The zero-order valence-corrected chi connectivity index (χ0v) is 13.2. The molecule has 1 N–H and O–H groups in total. The molecule has 5 heteroatoms. The van der Waals surface area contributed by atoms with Crippen LogP contribution in [-0.4, -0.2) is 36.3 Å². The molecule has 0 aromatic heterocycles. The fourth-order valence-electron chi connectivity index (χ4n) is 1.65. The zero-order valence-electron chi connectivity index (χ0n) is 11.7. The average Bonchev–Trinajstić information content (AvgIpc) is 2.30. The number of nitrogens with zero attached hydrogens (tertiary/aromatic N) is 1. The van der Waals surface area contributed by atoms with Gasteiger partial charge < -0.3 is 10.2 Å². The molecular formula is C14H19BrN2O2. The number of carbonyl (C=O) groups is 2. The maximum atomic E-state index is 12.2. The molecule has 0 spiro atoms. The molecule has 0 radical (unpaired) electrons. The Balaban J connectivity index is 2.71. The highest BCUT2D eigenvalue weighted by molar-refractivity contribution is 9.10. The first-order valence-electron chi connectivity index (χ1n) is 6.12. The van der Waals surface area contributed by atoms with Crippen LogP contribution < -0.4 is 5.32 Å². The summed E-state index contributed by atoms with van der Waals surface area (Å²) in [4.78, 5) is 25.2. The van der Waals surface area contributed by atoms with E-state index in [-0.39, 0.29) is 24.4 Å². The van der Waals surface area contributed by atoms with Crippen molar-refractivity contribution in [2.75, 3.05) is 13.6 Å². The quantitative estimate of drug-likeness (QED) is 0.923. The van der Waals surface area contributed by atoms with E-state index in [1.54, 1.807) is 13.1 Å². The van der Waals surface area contributed by atoms with Crippen LogP contribution in [0.2, 0.25) is 0 Å². The van der Waals surface area contributed by atoms with Crippen LogP contribution >= 0.6 is 15.9 Å². The van der Waals surface area contributed by atoms with E-state index < -0.39 is 0 Å². The maximum Gasteiger partial charge on any atom is 0.254 e. The molecule has 4 nitrogen and oxygen atoms in total. The highest BCUT2D eigenvalue weighted by Gasteiger charge is 2.15. The Bertz CT molecular complexity index is 486. The van der Waals surface area contributed by atoms with Crippen LogP contribution in [0.25, 0.3) is 0 Å². The van der Waals surface area contributed by atoms with Crippen LogP contribution in [0.5, 0.6) is 0 Å². The van der Waals surface area contributed by atoms with E-state index in [1.807, 2.05) is 32.9 Å². The van der Waals surface area contributed by atoms with Crippen molar-refractivity contribution in [3.63, 3.8) is 0 Å². The molecule has 2 amide bonds. The van der Waals surface area contributed by atoms with Gasteiger partial charge >= 0.3 is 0 Å². The van der Waals surface area contributed by atoms with E-state index in [0.29, 0.717) is 5.56 Å². The van der Waals surface area contributed by atoms with E-state index in [9.17, 15) is 9.59 Å². The van der Waals surface area contributed by atoms with Crippen molar-refractivity contribution in [2.45, 2.75) is 26.8 Å². The third-order valence-electron chi connectivity index (χ3n) is 2.58. The SMILES string of the molecule is Cc1cc(C(=O)N(C)CC(=O)NC(C)C)ccc1Br. The van der Waals surface area contributed by atoms with Gasteiger partial charge in [0, 0.05) is 23.1 Å². The average molecular weight is 327 g/mol. The van der Waals surface area contributed by atoms with Gasteiger partial charge in [0.05, 0.1) is 6.54 Å². The Morgan fingerprint density at radius 3 is 2.53 bits per heavy atom. The molecule has 0 fully saturated rings. The predicted octanol–water partition coefficient (Wildman–Crippen LogP) is 2.35. The normalized spacial score (nSPS) is 10.4. The van der Waals surface area contributed by atoms with Crippen LogP contribution in [-0.2, 0) is 4.79 Å². The highest BCUT2D eigenvalue weighted by Crippen LogP contribution is 2.17. The molecule has 0 unspecified atom stereocenters. The van der Waals surface area contributed by atoms with Crippen LogP contribution in [0.4, 0.5) is 0 Å². The lowest BCUT2D eigenvalue weighted by Gasteiger charge is -2.18. The summed E-state index contributed by atoms with van der Waals surface area (Å²) in [5.74, 6) is -0.311. The number of benzene rings is 1. The van der Waals surface area contributed by atoms with Crippen LogP contribution in [0, 0.1) is 6.92 Å². The summed E-state index contributed by atoms with van der Waals surface area (Å²) in [5, 5.41) is 2.76. The minimum Gasteiger partial charge on any atom is -0.352 e. The number of amides is 2. The maximum absolute atomic E-state index is 12.2. The fourth-order valence-corrected chi connectivity index (χ4v) is 1.90. The second kappa shape index (κ2) is 6.70. The topological polar surface area (TPSA) is 49.4 Å². The molecule has 0 bridgehead atoms. The van der Waals surface area contributed by atoms with Crippen LogP contribution in [0.1, 0.15) is 29.8 Å². The first-order valence-corrected chi connectivity index (χ1v) is 6.91. The van der Waals surface area contributed by atoms with Gasteiger partial charge in [-0.2, -0.15) is 0 Å². The summed E-state index contributed by atoms with van der Waals surface area (Å²) >= 11 is 3.39. The largest absolute Gasteiger partial charge is 0.352 e. The molecule has 1 aromatic carbocycles. The van der Waals surface area contributed by atoms with E-state index in [1.165, 1.54) is 4.90 Å². The first-order chi connectivity index (χ1) is 8.81. The summed E-state index contributed by atoms with van der Waals surface area (Å²) in [6.07, 6.45) is 0. The van der Waals surface area contributed by atoms with Crippen molar-refractivity contribution >= 4 is 27.7 Å². The van der Waals surface area contributed by atoms with Gasteiger partial charge in [-0.15, -0.1) is 0 Å². The number of hydrogen-bond acceptors (Lipinski definition) is 2. The van der Waals surface area contributed by atoms with Gasteiger partial charge in [-0.25, -0.2) is 0 Å². The molecule has 0 aliphatic rings. The molecule has 1 aromatic rings. The summed E-state index contributed by atoms with van der Waals surface area (Å²) in [6.45, 7) is 5.76. The Morgan fingerprint density at radius 2 is 2.00 bits per heavy atom. The number of halogens is 1. The van der Waals surface area contributed by atoms with Gasteiger partial charge in [-0.05, 0) is 44.5 Å². The molecule has 0 atom stereocenters. The van der Waals surface area contributed by atoms with E-state index in [0.717, 1.165) is 10.0 Å². The van der Waals surface area contributed by atoms with Crippen molar-refractivity contribution in [1.82, 2.24) is 10.2 Å². The molecular weight excluding hydrogens is 308 g/mol. The van der Waals surface area contributed by atoms with Gasteiger partial charge in [0.1, 0.15) is 0 Å². The predicted molar refractivity (Wildman–Crippen MR) is 79.1 cm³/mol. The Morgan fingerprint density at radius 1 is 1.37 bits per heavy atom. The molecule has 0 aliphatic carbocycles. The van der Waals surface area contributed by atoms with Crippen molar-refractivity contribution in [2.24, 2.45) is 0 Å². The lowest BCUT2D eigenvalue weighted by molar-refractivity contribution is -0.122. The third-order valence-corrected chi connectivity index (χ3v) is 3.47. The second-order valence-electron chi connectivity index (χ2n) is 4.85. The van der Waals surface area contributed by atoms with E-state index >= 15 is 0 Å². The van der Waals surface area contributed by atoms with Crippen molar-refractivity contribution in [1.29, 1.82) is 0 Å². The second-order valence-corrected chi connectivity index (χ2v) is 5.70. The van der Waals surface area contributed by atoms with Gasteiger partial charge in [0.2, 0.25) is 5.91 Å². The summed E-state index contributed by atoms with van der Waals surface area (Å²) in [6, 6.07) is 5.47. The molecule has 19 heavy (non-hydrogen) atoms. The minimum absolute atomic E-state index is 0.0616. The first kappa shape index (κ1) is 15.7. The van der Waals surface area contributed by atoms with Crippen molar-refractivity contribution in [3.05, 3.63) is 33.8 Å². The van der Waals surface area contributed by atoms with E-state index in [4.69, 9.17) is 0 Å². The zero-order chi connectivity index (χ0) is 14.6. The van der Waals surface area contributed by atoms with Crippen molar-refractivity contribution in [3.8, 4) is 0 Å². The van der Waals surface area contributed by atoms with Gasteiger partial charge in [-0.1, -0.05) is 15.9 Å². The number of nitrogens with one attached hydrogen (secondary N) is 1. The third kappa shape index (κ3) is 4.67. The van der Waals surface area contributed by atoms with Crippen LogP contribution in [0.15, 0.2) is 22.7 Å². The Kier molecular flexibility index (Phi) is 5.54. The lowest BCUT2D eigenvalue weighted by Crippen LogP contribution is -2.40. The molecule has 0 aliphatic heterocycles. The Hall–Kier alpha value is -1.36.